The van der Waals surface area contributed by atoms with E-state index in [0.717, 1.165) is 5.56 Å². The summed E-state index contributed by atoms with van der Waals surface area (Å²) in [6.45, 7) is 2.96. The predicted molar refractivity (Wildman–Crippen MR) is 77.1 cm³/mol. The van der Waals surface area contributed by atoms with Crippen LogP contribution in [0, 0.1) is 0 Å². The lowest BCUT2D eigenvalue weighted by molar-refractivity contribution is -0.00208. The van der Waals surface area contributed by atoms with E-state index < -0.39 is 5.97 Å². The molecule has 0 fully saturated rings. The normalized spacial score (nSPS) is 17.1. The van der Waals surface area contributed by atoms with E-state index in [0.29, 0.717) is 29.6 Å². The van der Waals surface area contributed by atoms with Crippen LogP contribution in [0.25, 0.3) is 0 Å². The van der Waals surface area contributed by atoms with Gasteiger partial charge in [-0.05, 0) is 24.6 Å². The largest absolute Gasteiger partial charge is 0.492 e. The second-order valence-electron chi connectivity index (χ2n) is 4.79. The molecule has 0 unspecified atom stereocenters. The van der Waals surface area contributed by atoms with Crippen molar-refractivity contribution in [2.24, 2.45) is 0 Å². The summed E-state index contributed by atoms with van der Waals surface area (Å²) in [7, 11) is 0. The number of nitrogens with zero attached hydrogens (tertiary/aromatic N) is 3. The third-order valence-electron chi connectivity index (χ3n) is 3.43. The van der Waals surface area contributed by atoms with Crippen LogP contribution in [0.15, 0.2) is 18.2 Å². The molecule has 0 amide bonds. The van der Waals surface area contributed by atoms with E-state index in [9.17, 15) is 4.79 Å². The van der Waals surface area contributed by atoms with Crippen LogP contribution in [0.1, 0.15) is 34.8 Å². The first-order valence-electron chi connectivity index (χ1n) is 6.79. The molecule has 1 N–H and O–H groups in total. The van der Waals surface area contributed by atoms with E-state index in [2.05, 4.69) is 10.3 Å². The molecule has 22 heavy (non-hydrogen) atoms. The van der Waals surface area contributed by atoms with Crippen LogP contribution in [-0.2, 0) is 17.9 Å². The molecule has 0 radical (unpaired) electrons. The van der Waals surface area contributed by atoms with E-state index in [4.69, 9.17) is 26.2 Å². The Morgan fingerprint density at radius 1 is 1.59 bits per heavy atom. The Balaban J connectivity index is 1.83. The molecule has 3 rings (SSSR count). The summed E-state index contributed by atoms with van der Waals surface area (Å²) >= 11 is 6.18. The standard InChI is InChI=1S/C14H14ClN3O4/c1-2-21-11-4-3-8(5-9(11)15)12-6-18-10(7-22-12)13(14(19)20)16-17-18/h3-5,12H,2,6-7H2,1H3,(H,19,20)/t12-/m0/s1. The van der Waals surface area contributed by atoms with E-state index >= 15 is 0 Å². The van der Waals surface area contributed by atoms with Crippen LogP contribution in [-0.4, -0.2) is 32.7 Å². The smallest absolute Gasteiger partial charge is 0.358 e. The van der Waals surface area contributed by atoms with Crippen LogP contribution < -0.4 is 4.74 Å². The highest BCUT2D eigenvalue weighted by atomic mass is 35.5. The fourth-order valence-corrected chi connectivity index (χ4v) is 2.61. The van der Waals surface area contributed by atoms with Gasteiger partial charge in [0.2, 0.25) is 0 Å². The Bertz CT molecular complexity index is 716. The minimum Gasteiger partial charge on any atom is -0.492 e. The first-order chi connectivity index (χ1) is 10.6. The molecule has 1 aliphatic heterocycles. The van der Waals surface area contributed by atoms with Crippen LogP contribution >= 0.6 is 11.6 Å². The zero-order chi connectivity index (χ0) is 15.7. The van der Waals surface area contributed by atoms with Crippen LogP contribution in [0.4, 0.5) is 0 Å². The molecule has 1 aliphatic rings. The van der Waals surface area contributed by atoms with Gasteiger partial charge in [-0.3, -0.25) is 0 Å². The van der Waals surface area contributed by atoms with Gasteiger partial charge in [-0.2, -0.15) is 0 Å². The molecule has 0 saturated carbocycles. The average Bonchev–Trinajstić information content (AvgIpc) is 2.92. The number of aromatic nitrogens is 3. The highest BCUT2D eigenvalue weighted by Gasteiger charge is 2.27. The van der Waals surface area contributed by atoms with E-state index in [1.807, 2.05) is 13.0 Å². The first kappa shape index (κ1) is 14.8. The summed E-state index contributed by atoms with van der Waals surface area (Å²) in [6, 6.07) is 5.46. The second-order valence-corrected chi connectivity index (χ2v) is 5.20. The number of hydrogen-bond donors (Lipinski definition) is 1. The van der Waals surface area contributed by atoms with Gasteiger partial charge in [0, 0.05) is 0 Å². The minimum atomic E-state index is -1.10. The summed E-state index contributed by atoms with van der Waals surface area (Å²) in [4.78, 5) is 11.0. The van der Waals surface area contributed by atoms with Gasteiger partial charge in [0.05, 0.1) is 30.5 Å². The molecule has 2 heterocycles. The Morgan fingerprint density at radius 3 is 3.09 bits per heavy atom. The molecule has 116 valence electrons. The average molecular weight is 324 g/mol. The number of fused-ring (bicyclic) bond motifs is 1. The number of ether oxygens (including phenoxy) is 2. The van der Waals surface area contributed by atoms with Gasteiger partial charge < -0.3 is 14.6 Å². The molecular weight excluding hydrogens is 310 g/mol. The summed E-state index contributed by atoms with van der Waals surface area (Å²) in [5, 5.41) is 17.1. The lowest BCUT2D eigenvalue weighted by Crippen LogP contribution is -2.23. The maximum atomic E-state index is 11.0. The molecule has 0 spiro atoms. The second kappa shape index (κ2) is 5.94. The Hall–Kier alpha value is -2.12. The molecular formula is C14H14ClN3O4. The van der Waals surface area contributed by atoms with Crippen molar-refractivity contribution >= 4 is 17.6 Å². The SMILES string of the molecule is CCOc1ccc([C@@H]2Cn3nnc(C(=O)O)c3CO2)cc1Cl. The highest BCUT2D eigenvalue weighted by molar-refractivity contribution is 6.32. The van der Waals surface area contributed by atoms with E-state index in [1.54, 1.807) is 16.8 Å². The van der Waals surface area contributed by atoms with Crippen molar-refractivity contribution in [3.8, 4) is 5.75 Å². The van der Waals surface area contributed by atoms with Gasteiger partial charge in [-0.15, -0.1) is 5.10 Å². The van der Waals surface area contributed by atoms with Crippen molar-refractivity contribution in [1.82, 2.24) is 15.0 Å². The molecule has 2 aromatic rings. The van der Waals surface area contributed by atoms with Crippen molar-refractivity contribution in [1.29, 1.82) is 0 Å². The number of halogens is 1. The monoisotopic (exact) mass is 323 g/mol. The Kier molecular flexibility index (Phi) is 4.00. The van der Waals surface area contributed by atoms with Crippen molar-refractivity contribution in [3.05, 3.63) is 40.2 Å². The molecule has 7 nitrogen and oxygen atoms in total. The maximum absolute atomic E-state index is 11.0. The Labute approximate surface area is 131 Å². The Morgan fingerprint density at radius 2 is 2.41 bits per heavy atom. The molecule has 0 bridgehead atoms. The number of carbonyl (C=O) groups is 1. The number of carboxylic acids is 1. The maximum Gasteiger partial charge on any atom is 0.358 e. The van der Waals surface area contributed by atoms with Crippen molar-refractivity contribution < 1.29 is 19.4 Å². The highest BCUT2D eigenvalue weighted by Crippen LogP contribution is 2.32. The summed E-state index contributed by atoms with van der Waals surface area (Å²) < 4.78 is 12.7. The molecule has 1 aromatic carbocycles. The minimum absolute atomic E-state index is 0.0665. The van der Waals surface area contributed by atoms with E-state index in [1.165, 1.54) is 0 Å². The van der Waals surface area contributed by atoms with Crippen LogP contribution in [0.2, 0.25) is 5.02 Å². The van der Waals surface area contributed by atoms with Gasteiger partial charge >= 0.3 is 5.97 Å². The first-order valence-corrected chi connectivity index (χ1v) is 7.17. The lowest BCUT2D eigenvalue weighted by Gasteiger charge is -2.24. The van der Waals surface area contributed by atoms with Crippen molar-refractivity contribution in [2.75, 3.05) is 6.61 Å². The number of carboxylic acid groups (broad SMARTS) is 1. The molecule has 8 heteroatoms. The lowest BCUT2D eigenvalue weighted by atomic mass is 10.1. The third-order valence-corrected chi connectivity index (χ3v) is 3.72. The van der Waals surface area contributed by atoms with Gasteiger partial charge in [0.1, 0.15) is 11.9 Å². The zero-order valence-corrected chi connectivity index (χ0v) is 12.6. The summed E-state index contributed by atoms with van der Waals surface area (Å²) in [5.41, 5.74) is 1.29. The summed E-state index contributed by atoms with van der Waals surface area (Å²) in [5.74, 6) is -0.481. The fourth-order valence-electron chi connectivity index (χ4n) is 2.37. The molecule has 1 aromatic heterocycles. The van der Waals surface area contributed by atoms with Crippen molar-refractivity contribution in [3.63, 3.8) is 0 Å². The van der Waals surface area contributed by atoms with Gasteiger partial charge in [0.25, 0.3) is 0 Å². The fraction of sp³-hybridized carbons (Fsp3) is 0.357. The third kappa shape index (κ3) is 2.65. The zero-order valence-electron chi connectivity index (χ0n) is 11.8. The van der Waals surface area contributed by atoms with Gasteiger partial charge in [-0.1, -0.05) is 22.9 Å². The molecule has 0 saturated heterocycles. The van der Waals surface area contributed by atoms with Gasteiger partial charge in [0.15, 0.2) is 5.69 Å². The van der Waals surface area contributed by atoms with E-state index in [-0.39, 0.29) is 18.4 Å². The van der Waals surface area contributed by atoms with Crippen molar-refractivity contribution in [2.45, 2.75) is 26.2 Å². The predicted octanol–water partition coefficient (Wildman–Crippen LogP) is 2.30. The van der Waals surface area contributed by atoms with Crippen LogP contribution in [0.5, 0.6) is 5.75 Å². The quantitative estimate of drug-likeness (QED) is 0.929. The number of hydrogen-bond acceptors (Lipinski definition) is 5. The number of rotatable bonds is 4. The molecule has 1 atom stereocenters. The number of aromatic carboxylic acids is 1. The molecule has 0 aliphatic carbocycles. The number of benzene rings is 1. The topological polar surface area (TPSA) is 86.5 Å². The van der Waals surface area contributed by atoms with Gasteiger partial charge in [-0.25, -0.2) is 9.48 Å². The van der Waals surface area contributed by atoms with Crippen LogP contribution in [0.3, 0.4) is 0 Å². The summed E-state index contributed by atoms with van der Waals surface area (Å²) in [6.07, 6.45) is -0.260.